The molecule has 1 rings (SSSR count). The number of anilines is 1. The smallest absolute Gasteiger partial charge is 0.303 e. The van der Waals surface area contributed by atoms with E-state index >= 15 is 0 Å². The van der Waals surface area contributed by atoms with Crippen molar-refractivity contribution in [3.8, 4) is 5.88 Å². The fraction of sp³-hybridized carbons (Fsp3) is 0.333. The minimum Gasteiger partial charge on any atom is -0.481 e. The number of carboxylic acid groups (broad SMARTS) is 1. The van der Waals surface area contributed by atoms with Crippen LogP contribution in [0.3, 0.4) is 0 Å². The third-order valence-electron chi connectivity index (χ3n) is 1.70. The summed E-state index contributed by atoms with van der Waals surface area (Å²) in [5.74, 6) is -1.37. The van der Waals surface area contributed by atoms with Crippen molar-refractivity contribution in [2.24, 2.45) is 0 Å². The molecule has 0 saturated heterocycles. The van der Waals surface area contributed by atoms with Gasteiger partial charge < -0.3 is 9.84 Å². The number of methoxy groups -OCH3 is 1. The molecule has 0 atom stereocenters. The Labute approximate surface area is 102 Å². The molecule has 0 saturated carbocycles. The third-order valence-corrected chi connectivity index (χ3v) is 1.89. The van der Waals surface area contributed by atoms with Gasteiger partial charge in [0.15, 0.2) is 0 Å². The van der Waals surface area contributed by atoms with E-state index in [1.54, 1.807) is 0 Å². The normalized spacial score (nSPS) is 9.76. The largest absolute Gasteiger partial charge is 0.481 e. The maximum absolute atomic E-state index is 11.3. The number of hydrogen-bond acceptors (Lipinski definition) is 5. The predicted octanol–water partition coefficient (Wildman–Crippen LogP) is 0.942. The zero-order valence-corrected chi connectivity index (χ0v) is 9.69. The number of hydrogen-bond donors (Lipinski definition) is 2. The first-order valence-corrected chi connectivity index (χ1v) is 4.99. The molecule has 1 aromatic heterocycles. The molecule has 2 N–H and O–H groups in total. The Kier molecular flexibility index (Phi) is 4.65. The number of carboxylic acids is 1. The van der Waals surface area contributed by atoms with E-state index in [0.29, 0.717) is 0 Å². The molecule has 0 aliphatic carbocycles. The number of rotatable bonds is 5. The highest BCUT2D eigenvalue weighted by Crippen LogP contribution is 2.15. The molecule has 1 aromatic rings. The minimum atomic E-state index is -1.05. The summed E-state index contributed by atoms with van der Waals surface area (Å²) in [5.41, 5.74) is 0. The van der Waals surface area contributed by atoms with Crippen molar-refractivity contribution in [2.75, 3.05) is 12.4 Å². The van der Waals surface area contributed by atoms with E-state index in [9.17, 15) is 9.59 Å². The number of ether oxygens (including phenoxy) is 1. The van der Waals surface area contributed by atoms with Crippen molar-refractivity contribution >= 4 is 29.4 Å². The number of carbonyl (C=O) groups excluding carboxylic acids is 1. The maximum atomic E-state index is 11.3. The van der Waals surface area contributed by atoms with Crippen LogP contribution in [-0.2, 0) is 9.59 Å². The molecule has 1 heterocycles. The topological polar surface area (TPSA) is 101 Å². The second kappa shape index (κ2) is 6.00. The zero-order chi connectivity index (χ0) is 12.8. The van der Waals surface area contributed by atoms with E-state index in [2.05, 4.69) is 15.3 Å². The quantitative estimate of drug-likeness (QED) is 0.763. The first-order chi connectivity index (χ1) is 8.01. The van der Waals surface area contributed by atoms with Crippen LogP contribution < -0.4 is 10.1 Å². The molecule has 0 spiro atoms. The number of halogens is 1. The summed E-state index contributed by atoms with van der Waals surface area (Å²) in [6, 6.07) is 1.38. The van der Waals surface area contributed by atoms with Gasteiger partial charge in [0, 0.05) is 12.5 Å². The average molecular weight is 260 g/mol. The van der Waals surface area contributed by atoms with Gasteiger partial charge in [0.1, 0.15) is 5.15 Å². The highest BCUT2D eigenvalue weighted by molar-refractivity contribution is 6.29. The van der Waals surface area contributed by atoms with E-state index in [-0.39, 0.29) is 29.8 Å². The molecule has 0 unspecified atom stereocenters. The molecule has 0 bridgehead atoms. The van der Waals surface area contributed by atoms with E-state index in [4.69, 9.17) is 21.4 Å². The molecule has 0 fully saturated rings. The van der Waals surface area contributed by atoms with Crippen molar-refractivity contribution in [1.82, 2.24) is 9.97 Å². The van der Waals surface area contributed by atoms with E-state index < -0.39 is 11.9 Å². The van der Waals surface area contributed by atoms with Crippen LogP contribution in [0.15, 0.2) is 6.07 Å². The highest BCUT2D eigenvalue weighted by atomic mass is 35.5. The molecule has 7 nitrogen and oxygen atoms in total. The molecular formula is C9H10ClN3O4. The number of nitrogens with one attached hydrogen (secondary N) is 1. The number of aliphatic carboxylic acids is 1. The van der Waals surface area contributed by atoms with Crippen LogP contribution >= 0.6 is 11.6 Å². The highest BCUT2D eigenvalue weighted by Gasteiger charge is 2.09. The summed E-state index contributed by atoms with van der Waals surface area (Å²) in [4.78, 5) is 29.1. The van der Waals surface area contributed by atoms with Crippen molar-refractivity contribution in [2.45, 2.75) is 12.8 Å². The van der Waals surface area contributed by atoms with Crippen LogP contribution in [0.1, 0.15) is 12.8 Å². The first kappa shape index (κ1) is 13.2. The van der Waals surface area contributed by atoms with Gasteiger partial charge in [-0.1, -0.05) is 11.6 Å². The Morgan fingerprint density at radius 1 is 1.47 bits per heavy atom. The average Bonchev–Trinajstić information content (AvgIpc) is 2.25. The minimum absolute atomic E-state index is 0.0234. The molecule has 0 aromatic carbocycles. The number of nitrogens with zero attached hydrogens (tertiary/aromatic N) is 2. The van der Waals surface area contributed by atoms with Crippen molar-refractivity contribution in [3.63, 3.8) is 0 Å². The van der Waals surface area contributed by atoms with Gasteiger partial charge >= 0.3 is 5.97 Å². The SMILES string of the molecule is COc1cc(Cl)nc(NC(=O)CCC(=O)O)n1. The second-order valence-electron chi connectivity index (χ2n) is 3.00. The van der Waals surface area contributed by atoms with Crippen molar-refractivity contribution in [1.29, 1.82) is 0 Å². The number of amides is 1. The molecule has 0 aliphatic heterocycles. The fourth-order valence-electron chi connectivity index (χ4n) is 0.965. The Hall–Kier alpha value is -1.89. The monoisotopic (exact) mass is 259 g/mol. The summed E-state index contributed by atoms with van der Waals surface area (Å²) < 4.78 is 4.83. The molecule has 8 heteroatoms. The van der Waals surface area contributed by atoms with Gasteiger partial charge in [-0.15, -0.1) is 0 Å². The summed E-state index contributed by atoms with van der Waals surface area (Å²) in [7, 11) is 1.40. The van der Waals surface area contributed by atoms with Crippen LogP contribution in [0.5, 0.6) is 5.88 Å². The Morgan fingerprint density at radius 3 is 2.76 bits per heavy atom. The van der Waals surface area contributed by atoms with Crippen LogP contribution in [0.25, 0.3) is 0 Å². The third kappa shape index (κ3) is 4.64. The summed E-state index contributed by atoms with van der Waals surface area (Å²) in [6.07, 6.45) is -0.420. The molecule has 92 valence electrons. The lowest BCUT2D eigenvalue weighted by Gasteiger charge is -2.04. The Bertz CT molecular complexity index is 438. The van der Waals surface area contributed by atoms with E-state index in [1.807, 2.05) is 0 Å². The van der Waals surface area contributed by atoms with Gasteiger partial charge in [-0.05, 0) is 0 Å². The Morgan fingerprint density at radius 2 is 2.18 bits per heavy atom. The second-order valence-corrected chi connectivity index (χ2v) is 3.39. The van der Waals surface area contributed by atoms with Crippen LogP contribution in [0.2, 0.25) is 5.15 Å². The van der Waals surface area contributed by atoms with Crippen LogP contribution in [0, 0.1) is 0 Å². The molecule has 0 aliphatic rings. The molecule has 0 radical (unpaired) electrons. The summed E-state index contributed by atoms with van der Waals surface area (Å²) in [5, 5.41) is 10.8. The van der Waals surface area contributed by atoms with Gasteiger partial charge in [0.25, 0.3) is 0 Å². The fourth-order valence-corrected chi connectivity index (χ4v) is 1.14. The van der Waals surface area contributed by atoms with Gasteiger partial charge in [0.2, 0.25) is 17.7 Å². The van der Waals surface area contributed by atoms with E-state index in [1.165, 1.54) is 13.2 Å². The lowest BCUT2D eigenvalue weighted by atomic mass is 10.3. The van der Waals surface area contributed by atoms with Crippen molar-refractivity contribution < 1.29 is 19.4 Å². The molecular weight excluding hydrogens is 250 g/mol. The summed E-state index contributed by atoms with van der Waals surface area (Å²) >= 11 is 5.66. The lowest BCUT2D eigenvalue weighted by Crippen LogP contribution is -2.15. The number of aromatic nitrogens is 2. The number of carbonyl (C=O) groups is 2. The maximum Gasteiger partial charge on any atom is 0.303 e. The van der Waals surface area contributed by atoms with E-state index in [0.717, 1.165) is 0 Å². The van der Waals surface area contributed by atoms with Crippen LogP contribution in [0.4, 0.5) is 5.95 Å². The lowest BCUT2D eigenvalue weighted by molar-refractivity contribution is -0.138. The van der Waals surface area contributed by atoms with Gasteiger partial charge in [0.05, 0.1) is 13.5 Å². The standard InChI is InChI=1S/C9H10ClN3O4/c1-17-7-4-5(10)11-9(13-7)12-6(14)2-3-8(15)16/h4H,2-3H2,1H3,(H,15,16)(H,11,12,13,14). The zero-order valence-electron chi connectivity index (χ0n) is 8.94. The first-order valence-electron chi connectivity index (χ1n) is 4.61. The summed E-state index contributed by atoms with van der Waals surface area (Å²) in [6.45, 7) is 0. The van der Waals surface area contributed by atoms with Crippen LogP contribution in [-0.4, -0.2) is 34.1 Å². The van der Waals surface area contributed by atoms with Crippen molar-refractivity contribution in [3.05, 3.63) is 11.2 Å². The predicted molar refractivity (Wildman–Crippen MR) is 59.1 cm³/mol. The van der Waals surface area contributed by atoms with Gasteiger partial charge in [-0.2, -0.15) is 4.98 Å². The Balaban J connectivity index is 2.64. The van der Waals surface area contributed by atoms with Gasteiger partial charge in [-0.3, -0.25) is 14.9 Å². The molecule has 1 amide bonds. The van der Waals surface area contributed by atoms with Gasteiger partial charge in [-0.25, -0.2) is 4.98 Å². The molecule has 17 heavy (non-hydrogen) atoms.